The first-order valence-corrected chi connectivity index (χ1v) is 9.49. The average molecular weight is 377 g/mol. The number of ether oxygens (including phenoxy) is 1. The molecule has 6 nitrogen and oxygen atoms in total. The molecular formula is C22H27N5O. The Hall–Kier alpha value is -3.15. The van der Waals surface area contributed by atoms with Crippen LogP contribution in [0.25, 0.3) is 0 Å². The summed E-state index contributed by atoms with van der Waals surface area (Å²) in [5.41, 5.74) is 2.22. The second-order valence-electron chi connectivity index (χ2n) is 7.00. The summed E-state index contributed by atoms with van der Waals surface area (Å²) in [7, 11) is 2.05. The van der Waals surface area contributed by atoms with Crippen LogP contribution in [-0.2, 0) is 6.42 Å². The Balaban J connectivity index is 1.67. The molecule has 0 saturated carbocycles. The Bertz CT molecular complexity index is 881. The molecule has 0 aliphatic heterocycles. The van der Waals surface area contributed by atoms with Crippen LogP contribution in [0, 0.1) is 6.92 Å². The third-order valence-electron chi connectivity index (χ3n) is 4.20. The molecule has 2 aromatic heterocycles. The first-order chi connectivity index (χ1) is 13.5. The van der Waals surface area contributed by atoms with E-state index in [9.17, 15) is 0 Å². The van der Waals surface area contributed by atoms with Crippen LogP contribution in [-0.4, -0.2) is 34.6 Å². The maximum absolute atomic E-state index is 5.69. The van der Waals surface area contributed by atoms with E-state index < -0.39 is 0 Å². The molecule has 0 unspecified atom stereocenters. The normalized spacial score (nSPS) is 10.8. The van der Waals surface area contributed by atoms with Gasteiger partial charge in [0.15, 0.2) is 0 Å². The highest BCUT2D eigenvalue weighted by Crippen LogP contribution is 2.22. The van der Waals surface area contributed by atoms with Gasteiger partial charge < -0.3 is 15.0 Å². The van der Waals surface area contributed by atoms with E-state index in [1.54, 1.807) is 0 Å². The van der Waals surface area contributed by atoms with Crippen LogP contribution in [0.2, 0.25) is 0 Å². The van der Waals surface area contributed by atoms with Gasteiger partial charge >= 0.3 is 0 Å². The standard InChI is InChI=1S/C22H27N5O/c1-16(2)28-20-7-5-19(6-8-20)26-21-15-22(25-17(3)24-21)27(4)14-11-18-9-12-23-13-10-18/h5-10,12-13,15-16H,11,14H2,1-4H3,(H,24,25,26). The number of aromatic nitrogens is 3. The Morgan fingerprint density at radius 1 is 1.04 bits per heavy atom. The van der Waals surface area contributed by atoms with Crippen molar-refractivity contribution in [2.24, 2.45) is 0 Å². The number of hydrogen-bond donors (Lipinski definition) is 1. The maximum Gasteiger partial charge on any atom is 0.136 e. The summed E-state index contributed by atoms with van der Waals surface area (Å²) in [5.74, 6) is 3.26. The van der Waals surface area contributed by atoms with Crippen LogP contribution in [0.3, 0.4) is 0 Å². The van der Waals surface area contributed by atoms with Crippen molar-refractivity contribution < 1.29 is 4.74 Å². The highest BCUT2D eigenvalue weighted by atomic mass is 16.5. The van der Waals surface area contributed by atoms with Crippen molar-refractivity contribution >= 4 is 17.3 Å². The molecule has 2 heterocycles. The van der Waals surface area contributed by atoms with Crippen molar-refractivity contribution in [2.75, 3.05) is 23.8 Å². The first-order valence-electron chi connectivity index (χ1n) is 9.49. The Labute approximate surface area is 166 Å². The number of likely N-dealkylation sites (N-methyl/N-ethyl adjacent to an activating group) is 1. The zero-order chi connectivity index (χ0) is 19.9. The highest BCUT2D eigenvalue weighted by molar-refractivity contribution is 5.60. The molecule has 28 heavy (non-hydrogen) atoms. The number of benzene rings is 1. The van der Waals surface area contributed by atoms with Crippen molar-refractivity contribution in [1.82, 2.24) is 15.0 Å². The van der Waals surface area contributed by atoms with Gasteiger partial charge in [0.25, 0.3) is 0 Å². The minimum absolute atomic E-state index is 0.161. The second kappa shape index (κ2) is 9.17. The maximum atomic E-state index is 5.69. The molecule has 1 aromatic carbocycles. The highest BCUT2D eigenvalue weighted by Gasteiger charge is 2.08. The van der Waals surface area contributed by atoms with Crippen LogP contribution in [0.4, 0.5) is 17.3 Å². The van der Waals surface area contributed by atoms with Gasteiger partial charge in [-0.05, 0) is 69.2 Å². The van der Waals surface area contributed by atoms with E-state index in [2.05, 4.69) is 25.2 Å². The second-order valence-corrected chi connectivity index (χ2v) is 7.00. The van der Waals surface area contributed by atoms with E-state index in [4.69, 9.17) is 4.74 Å². The van der Waals surface area contributed by atoms with Crippen molar-refractivity contribution in [1.29, 1.82) is 0 Å². The van der Waals surface area contributed by atoms with Gasteiger partial charge in [-0.25, -0.2) is 9.97 Å². The van der Waals surface area contributed by atoms with Gasteiger partial charge in [0, 0.05) is 37.7 Å². The summed E-state index contributed by atoms with van der Waals surface area (Å²) in [5, 5.41) is 3.35. The molecule has 0 fully saturated rings. The summed E-state index contributed by atoms with van der Waals surface area (Å²) >= 11 is 0. The van der Waals surface area contributed by atoms with Crippen molar-refractivity contribution in [3.05, 3.63) is 66.2 Å². The number of aryl methyl sites for hydroxylation is 1. The van der Waals surface area contributed by atoms with Gasteiger partial charge in [0.05, 0.1) is 6.10 Å². The molecule has 0 bridgehead atoms. The average Bonchev–Trinajstić information content (AvgIpc) is 2.67. The molecule has 0 amide bonds. The molecule has 6 heteroatoms. The van der Waals surface area contributed by atoms with E-state index >= 15 is 0 Å². The molecule has 0 atom stereocenters. The molecule has 3 rings (SSSR count). The van der Waals surface area contributed by atoms with Gasteiger partial charge in [0.1, 0.15) is 23.2 Å². The summed E-state index contributed by atoms with van der Waals surface area (Å²) in [6.45, 7) is 6.80. The Morgan fingerprint density at radius 2 is 1.75 bits per heavy atom. The smallest absolute Gasteiger partial charge is 0.136 e. The van der Waals surface area contributed by atoms with Crippen molar-refractivity contribution in [2.45, 2.75) is 33.3 Å². The number of nitrogens with one attached hydrogen (secondary N) is 1. The Kier molecular flexibility index (Phi) is 6.42. The fraction of sp³-hybridized carbons (Fsp3) is 0.318. The minimum atomic E-state index is 0.161. The van der Waals surface area contributed by atoms with Crippen LogP contribution < -0.4 is 15.0 Å². The van der Waals surface area contributed by atoms with Crippen LogP contribution >= 0.6 is 0 Å². The van der Waals surface area contributed by atoms with Crippen molar-refractivity contribution in [3.8, 4) is 5.75 Å². The largest absolute Gasteiger partial charge is 0.491 e. The third-order valence-corrected chi connectivity index (χ3v) is 4.20. The zero-order valence-corrected chi connectivity index (χ0v) is 16.9. The predicted octanol–water partition coefficient (Wildman–Crippen LogP) is 4.39. The topological polar surface area (TPSA) is 63.2 Å². The molecular weight excluding hydrogens is 350 g/mol. The van der Waals surface area contributed by atoms with Crippen LogP contribution in [0.1, 0.15) is 25.2 Å². The first kappa shape index (κ1) is 19.6. The molecule has 3 aromatic rings. The predicted molar refractivity (Wildman–Crippen MR) is 113 cm³/mol. The number of anilines is 3. The van der Waals surface area contributed by atoms with Gasteiger partial charge in [-0.3, -0.25) is 4.98 Å². The number of nitrogens with zero attached hydrogens (tertiary/aromatic N) is 4. The quantitative estimate of drug-likeness (QED) is 0.628. The molecule has 146 valence electrons. The van der Waals surface area contributed by atoms with Gasteiger partial charge in [-0.15, -0.1) is 0 Å². The van der Waals surface area contributed by atoms with Crippen LogP contribution in [0.5, 0.6) is 5.75 Å². The zero-order valence-electron chi connectivity index (χ0n) is 16.9. The summed E-state index contributed by atoms with van der Waals surface area (Å²) in [6.07, 6.45) is 4.74. The number of pyridine rings is 1. The third kappa shape index (κ3) is 5.67. The van der Waals surface area contributed by atoms with Crippen molar-refractivity contribution in [3.63, 3.8) is 0 Å². The monoisotopic (exact) mass is 377 g/mol. The lowest BCUT2D eigenvalue weighted by Gasteiger charge is -2.19. The lowest BCUT2D eigenvalue weighted by molar-refractivity contribution is 0.242. The van der Waals surface area contributed by atoms with Crippen LogP contribution in [0.15, 0.2) is 54.9 Å². The molecule has 0 aliphatic carbocycles. The van der Waals surface area contributed by atoms with Gasteiger partial charge in [0.2, 0.25) is 0 Å². The van der Waals surface area contributed by atoms with Gasteiger partial charge in [-0.2, -0.15) is 0 Å². The molecule has 0 saturated heterocycles. The molecule has 0 spiro atoms. The number of hydrogen-bond acceptors (Lipinski definition) is 6. The Morgan fingerprint density at radius 3 is 2.43 bits per heavy atom. The lowest BCUT2D eigenvalue weighted by Crippen LogP contribution is -2.22. The molecule has 1 N–H and O–H groups in total. The SMILES string of the molecule is Cc1nc(Nc2ccc(OC(C)C)cc2)cc(N(C)CCc2ccncc2)n1. The van der Waals surface area contributed by atoms with E-state index in [0.717, 1.165) is 41.9 Å². The number of rotatable bonds is 8. The van der Waals surface area contributed by atoms with E-state index in [0.29, 0.717) is 0 Å². The summed E-state index contributed by atoms with van der Waals surface area (Å²) in [6, 6.07) is 13.9. The molecule has 0 aliphatic rings. The summed E-state index contributed by atoms with van der Waals surface area (Å²) in [4.78, 5) is 15.3. The minimum Gasteiger partial charge on any atom is -0.491 e. The summed E-state index contributed by atoms with van der Waals surface area (Å²) < 4.78 is 5.69. The molecule has 0 radical (unpaired) electrons. The lowest BCUT2D eigenvalue weighted by atomic mass is 10.2. The van der Waals surface area contributed by atoms with E-state index in [1.807, 2.05) is 82.7 Å². The van der Waals surface area contributed by atoms with E-state index in [1.165, 1.54) is 5.56 Å². The fourth-order valence-electron chi connectivity index (χ4n) is 2.81. The van der Waals surface area contributed by atoms with E-state index in [-0.39, 0.29) is 6.10 Å². The van der Waals surface area contributed by atoms with Gasteiger partial charge in [-0.1, -0.05) is 0 Å². The fourth-order valence-corrected chi connectivity index (χ4v) is 2.81.